The van der Waals surface area contributed by atoms with Crippen LogP contribution in [0.1, 0.15) is 48.9 Å². The first-order valence-electron chi connectivity index (χ1n) is 12.9. The second-order valence-electron chi connectivity index (χ2n) is 9.62. The molecule has 2 aliphatic rings. The van der Waals surface area contributed by atoms with E-state index in [0.29, 0.717) is 34.6 Å². The molecule has 1 heterocycles. The molecule has 6 rings (SSSR count). The van der Waals surface area contributed by atoms with Gasteiger partial charge in [-0.1, -0.05) is 71.7 Å². The molecular weight excluding hydrogens is 517 g/mol. The fourth-order valence-corrected chi connectivity index (χ4v) is 5.97. The Morgan fingerprint density at radius 1 is 0.921 bits per heavy atom. The zero-order valence-corrected chi connectivity index (χ0v) is 22.5. The molecule has 0 amide bonds. The summed E-state index contributed by atoms with van der Waals surface area (Å²) in [5.74, 6) is 1.46. The fourth-order valence-electron chi connectivity index (χ4n) is 5.51. The number of rotatable bonds is 6. The summed E-state index contributed by atoms with van der Waals surface area (Å²) >= 11 is 12.4. The van der Waals surface area contributed by atoms with Crippen molar-refractivity contribution in [2.75, 3.05) is 11.9 Å². The largest absolute Gasteiger partial charge is 0.490 e. The Morgan fingerprint density at radius 3 is 2.63 bits per heavy atom. The summed E-state index contributed by atoms with van der Waals surface area (Å²) in [7, 11) is 0. The molecule has 0 fully saturated rings. The van der Waals surface area contributed by atoms with Crippen LogP contribution in [0.4, 0.5) is 5.69 Å². The molecule has 0 bridgehead atoms. The fraction of sp³-hybridized carbons (Fsp3) is 0.219. The van der Waals surface area contributed by atoms with Crippen molar-refractivity contribution in [1.82, 2.24) is 0 Å². The summed E-state index contributed by atoms with van der Waals surface area (Å²) in [5, 5.41) is 7.20. The van der Waals surface area contributed by atoms with E-state index in [9.17, 15) is 4.79 Å². The van der Waals surface area contributed by atoms with E-state index in [1.54, 1.807) is 12.1 Å². The van der Waals surface area contributed by atoms with Gasteiger partial charge in [-0.2, -0.15) is 0 Å². The molecule has 0 saturated heterocycles. The monoisotopic (exact) mass is 543 g/mol. The van der Waals surface area contributed by atoms with Crippen LogP contribution in [0.15, 0.2) is 78.4 Å². The molecule has 1 N–H and O–H groups in total. The highest BCUT2D eigenvalue weighted by Crippen LogP contribution is 2.48. The number of carbonyl (C=O) groups excluding carboxylic acids is 1. The number of carbonyl (C=O) groups is 1. The van der Waals surface area contributed by atoms with Crippen LogP contribution in [-0.4, -0.2) is 12.4 Å². The van der Waals surface area contributed by atoms with Crippen LogP contribution in [0, 0.1) is 0 Å². The van der Waals surface area contributed by atoms with Gasteiger partial charge in [0.25, 0.3) is 0 Å². The quantitative estimate of drug-likeness (QED) is 0.264. The summed E-state index contributed by atoms with van der Waals surface area (Å²) in [5.41, 5.74) is 6.03. The molecule has 0 saturated carbocycles. The second-order valence-corrected chi connectivity index (χ2v) is 10.5. The predicted octanol–water partition coefficient (Wildman–Crippen LogP) is 8.80. The first-order chi connectivity index (χ1) is 18.5. The summed E-state index contributed by atoms with van der Waals surface area (Å²) < 4.78 is 12.1. The SMILES string of the molecule is CCOc1cc([C@H]2Nc3c(ccc4ccccc34)C3=C2C(=O)CCC3)ccc1OCc1ccc(Cl)cc1Cl. The summed E-state index contributed by atoms with van der Waals surface area (Å²) in [6.45, 7) is 2.71. The highest BCUT2D eigenvalue weighted by Gasteiger charge is 2.35. The smallest absolute Gasteiger partial charge is 0.161 e. The maximum Gasteiger partial charge on any atom is 0.161 e. The van der Waals surface area contributed by atoms with Crippen LogP contribution < -0.4 is 14.8 Å². The number of anilines is 1. The van der Waals surface area contributed by atoms with Gasteiger partial charge in [-0.25, -0.2) is 0 Å². The molecule has 0 radical (unpaired) electrons. The third-order valence-corrected chi connectivity index (χ3v) is 7.87. The number of hydrogen-bond acceptors (Lipinski definition) is 4. The van der Waals surface area contributed by atoms with Gasteiger partial charge >= 0.3 is 0 Å². The molecule has 1 atom stereocenters. The predicted molar refractivity (Wildman–Crippen MR) is 154 cm³/mol. The van der Waals surface area contributed by atoms with Crippen LogP contribution in [0.25, 0.3) is 16.3 Å². The van der Waals surface area contributed by atoms with E-state index in [0.717, 1.165) is 51.8 Å². The second kappa shape index (κ2) is 10.4. The Bertz CT molecular complexity index is 1590. The van der Waals surface area contributed by atoms with Crippen LogP contribution in [0.3, 0.4) is 0 Å². The number of Topliss-reactive ketones (excluding diaryl/α,β-unsaturated/α-hetero) is 1. The average Bonchev–Trinajstić information content (AvgIpc) is 2.93. The van der Waals surface area contributed by atoms with Crippen molar-refractivity contribution in [1.29, 1.82) is 0 Å². The summed E-state index contributed by atoms with van der Waals surface area (Å²) in [6.07, 6.45) is 2.34. The molecule has 38 heavy (non-hydrogen) atoms. The molecule has 0 spiro atoms. The molecular formula is C32H27Cl2NO3. The van der Waals surface area contributed by atoms with E-state index in [4.69, 9.17) is 32.7 Å². The van der Waals surface area contributed by atoms with Gasteiger partial charge < -0.3 is 14.8 Å². The van der Waals surface area contributed by atoms with Gasteiger partial charge in [0.2, 0.25) is 0 Å². The number of fused-ring (bicyclic) bond motifs is 4. The maximum atomic E-state index is 13.3. The maximum absolute atomic E-state index is 13.3. The van der Waals surface area contributed by atoms with E-state index in [-0.39, 0.29) is 18.4 Å². The van der Waals surface area contributed by atoms with Gasteiger partial charge in [0, 0.05) is 38.6 Å². The molecule has 192 valence electrons. The van der Waals surface area contributed by atoms with Crippen LogP contribution in [0.5, 0.6) is 11.5 Å². The van der Waals surface area contributed by atoms with E-state index < -0.39 is 0 Å². The van der Waals surface area contributed by atoms with E-state index in [1.165, 1.54) is 5.39 Å². The molecule has 0 unspecified atom stereocenters. The first-order valence-corrected chi connectivity index (χ1v) is 13.7. The number of ether oxygens (including phenoxy) is 2. The molecule has 4 aromatic rings. The van der Waals surface area contributed by atoms with Crippen molar-refractivity contribution in [3.8, 4) is 11.5 Å². The van der Waals surface area contributed by atoms with Gasteiger partial charge in [0.1, 0.15) is 6.61 Å². The number of benzene rings is 4. The zero-order chi connectivity index (χ0) is 26.2. The van der Waals surface area contributed by atoms with Gasteiger partial charge in [-0.15, -0.1) is 0 Å². The third-order valence-electron chi connectivity index (χ3n) is 7.29. The Labute approximate surface area is 232 Å². The molecule has 1 aliphatic carbocycles. The normalized spacial score (nSPS) is 16.6. The van der Waals surface area contributed by atoms with E-state index >= 15 is 0 Å². The molecule has 1 aliphatic heterocycles. The lowest BCUT2D eigenvalue weighted by atomic mass is 9.77. The van der Waals surface area contributed by atoms with Crippen molar-refractivity contribution < 1.29 is 14.3 Å². The lowest BCUT2D eigenvalue weighted by Gasteiger charge is -2.35. The minimum atomic E-state index is -0.268. The van der Waals surface area contributed by atoms with Crippen molar-refractivity contribution in [2.45, 2.75) is 38.8 Å². The van der Waals surface area contributed by atoms with Crippen LogP contribution in [0.2, 0.25) is 10.0 Å². The number of halogens is 2. The van der Waals surface area contributed by atoms with Gasteiger partial charge in [-0.3, -0.25) is 4.79 Å². The Hall–Kier alpha value is -3.47. The Kier molecular flexibility index (Phi) is 6.77. The highest BCUT2D eigenvalue weighted by atomic mass is 35.5. The zero-order valence-electron chi connectivity index (χ0n) is 21.0. The lowest BCUT2D eigenvalue weighted by molar-refractivity contribution is -0.116. The van der Waals surface area contributed by atoms with Crippen molar-refractivity contribution in [3.05, 3.63) is 105 Å². The first kappa shape index (κ1) is 24.8. The molecule has 4 aromatic carbocycles. The van der Waals surface area contributed by atoms with E-state index in [2.05, 4.69) is 35.6 Å². The van der Waals surface area contributed by atoms with Crippen molar-refractivity contribution >= 4 is 51.0 Å². The van der Waals surface area contributed by atoms with Gasteiger partial charge in [0.15, 0.2) is 17.3 Å². The van der Waals surface area contributed by atoms with Gasteiger partial charge in [-0.05, 0) is 60.6 Å². The minimum absolute atomic E-state index is 0.207. The summed E-state index contributed by atoms with van der Waals surface area (Å²) in [4.78, 5) is 13.3. The Morgan fingerprint density at radius 2 is 1.79 bits per heavy atom. The lowest BCUT2D eigenvalue weighted by Crippen LogP contribution is -2.27. The molecule has 0 aromatic heterocycles. The minimum Gasteiger partial charge on any atom is -0.490 e. The summed E-state index contributed by atoms with van der Waals surface area (Å²) in [6, 6.07) is 23.7. The highest BCUT2D eigenvalue weighted by molar-refractivity contribution is 6.35. The Balaban J connectivity index is 1.39. The van der Waals surface area contributed by atoms with Crippen molar-refractivity contribution in [2.24, 2.45) is 0 Å². The number of hydrogen-bond donors (Lipinski definition) is 1. The topological polar surface area (TPSA) is 47.6 Å². The average molecular weight is 544 g/mol. The van der Waals surface area contributed by atoms with Gasteiger partial charge in [0.05, 0.1) is 18.3 Å². The standard InChI is InChI=1S/C32H27Cl2NO3/c1-2-37-29-16-20(12-15-28(29)38-18-21-10-13-22(33)17-26(21)34)31-30-24(8-5-9-27(30)36)25-14-11-19-6-3-4-7-23(19)32(25)35-31/h3-4,6-7,10-17,31,35H,2,5,8-9,18H2,1H3/t31-/m1/s1. The van der Waals surface area contributed by atoms with Crippen molar-refractivity contribution in [3.63, 3.8) is 0 Å². The third kappa shape index (κ3) is 4.53. The van der Waals surface area contributed by atoms with E-state index in [1.807, 2.05) is 37.3 Å². The number of nitrogens with one attached hydrogen (secondary N) is 1. The van der Waals surface area contributed by atoms with Crippen LogP contribution >= 0.6 is 23.2 Å². The molecule has 4 nitrogen and oxygen atoms in total. The number of allylic oxidation sites excluding steroid dienone is 1. The molecule has 6 heteroatoms. The van der Waals surface area contributed by atoms with Crippen LogP contribution in [-0.2, 0) is 11.4 Å². The number of ketones is 1.